The van der Waals surface area contributed by atoms with Gasteiger partial charge in [0.1, 0.15) is 5.82 Å². The van der Waals surface area contributed by atoms with Gasteiger partial charge in [-0.25, -0.2) is 4.39 Å². The molecule has 0 radical (unpaired) electrons. The molecular formula is C13H6F7N. The van der Waals surface area contributed by atoms with E-state index in [1.54, 1.807) is 0 Å². The van der Waals surface area contributed by atoms with Crippen molar-refractivity contribution in [3.63, 3.8) is 0 Å². The number of aromatic nitrogens is 1. The zero-order valence-corrected chi connectivity index (χ0v) is 10.1. The fourth-order valence-corrected chi connectivity index (χ4v) is 1.65. The number of hydrogen-bond donors (Lipinski definition) is 0. The van der Waals surface area contributed by atoms with E-state index in [2.05, 4.69) is 4.98 Å². The van der Waals surface area contributed by atoms with Crippen LogP contribution in [-0.4, -0.2) is 4.98 Å². The van der Waals surface area contributed by atoms with Gasteiger partial charge in [-0.3, -0.25) is 4.98 Å². The first-order valence-electron chi connectivity index (χ1n) is 5.49. The molecule has 112 valence electrons. The van der Waals surface area contributed by atoms with Gasteiger partial charge in [-0.05, 0) is 30.3 Å². The van der Waals surface area contributed by atoms with Gasteiger partial charge in [0.2, 0.25) is 0 Å². The summed E-state index contributed by atoms with van der Waals surface area (Å²) in [6.07, 6.45) is -9.16. The van der Waals surface area contributed by atoms with Crippen LogP contribution in [0.5, 0.6) is 0 Å². The maximum atomic E-state index is 12.7. The molecule has 0 amide bonds. The topological polar surface area (TPSA) is 12.9 Å². The number of rotatable bonds is 1. The highest BCUT2D eigenvalue weighted by atomic mass is 19.4. The van der Waals surface area contributed by atoms with Gasteiger partial charge in [-0.1, -0.05) is 0 Å². The van der Waals surface area contributed by atoms with Crippen LogP contribution < -0.4 is 0 Å². The number of hydrogen-bond acceptors (Lipinski definition) is 1. The van der Waals surface area contributed by atoms with Gasteiger partial charge in [0.25, 0.3) is 0 Å². The predicted octanol–water partition coefficient (Wildman–Crippen LogP) is 4.93. The average molecular weight is 309 g/mol. The lowest BCUT2D eigenvalue weighted by Crippen LogP contribution is -2.11. The van der Waals surface area contributed by atoms with E-state index < -0.39 is 34.9 Å². The van der Waals surface area contributed by atoms with Crippen molar-refractivity contribution >= 4 is 0 Å². The molecule has 0 saturated heterocycles. The highest BCUT2D eigenvalue weighted by Crippen LogP contribution is 2.38. The summed E-state index contributed by atoms with van der Waals surface area (Å²) < 4.78 is 88.7. The van der Waals surface area contributed by atoms with Gasteiger partial charge in [-0.15, -0.1) is 0 Å². The lowest BCUT2D eigenvalue weighted by Gasteiger charge is -2.14. The summed E-state index contributed by atoms with van der Waals surface area (Å²) in [5.74, 6) is -0.748. The molecule has 21 heavy (non-hydrogen) atoms. The Labute approximate surface area is 114 Å². The third-order valence-corrected chi connectivity index (χ3v) is 2.61. The first kappa shape index (κ1) is 15.3. The highest BCUT2D eigenvalue weighted by Gasteiger charge is 2.37. The van der Waals surface area contributed by atoms with Gasteiger partial charge in [-0.2, -0.15) is 26.3 Å². The molecule has 0 aliphatic heterocycles. The zero-order valence-electron chi connectivity index (χ0n) is 10.1. The van der Waals surface area contributed by atoms with Crippen LogP contribution in [0.1, 0.15) is 11.1 Å². The molecule has 0 N–H and O–H groups in total. The van der Waals surface area contributed by atoms with Crippen molar-refractivity contribution in [1.29, 1.82) is 0 Å². The fourth-order valence-electron chi connectivity index (χ4n) is 1.65. The lowest BCUT2D eigenvalue weighted by molar-refractivity contribution is -0.143. The highest BCUT2D eigenvalue weighted by molar-refractivity contribution is 5.61. The van der Waals surface area contributed by atoms with Crippen LogP contribution in [0.4, 0.5) is 30.7 Å². The summed E-state index contributed by atoms with van der Waals surface area (Å²) in [4.78, 5) is 3.49. The van der Waals surface area contributed by atoms with E-state index in [1.165, 1.54) is 0 Å². The van der Waals surface area contributed by atoms with Crippen LogP contribution in [0.2, 0.25) is 0 Å². The SMILES string of the molecule is Fc1ccc(-c2cc(C(F)(F)F)cc(C(F)(F)F)c2)nc1. The summed E-state index contributed by atoms with van der Waals surface area (Å²) in [5.41, 5.74) is -3.47. The Morgan fingerprint density at radius 2 is 1.29 bits per heavy atom. The molecule has 0 aliphatic rings. The van der Waals surface area contributed by atoms with E-state index in [1.807, 2.05) is 0 Å². The van der Waals surface area contributed by atoms with E-state index in [9.17, 15) is 30.7 Å². The zero-order chi connectivity index (χ0) is 15.8. The summed E-state index contributed by atoms with van der Waals surface area (Å²) in [5, 5.41) is 0. The first-order chi connectivity index (χ1) is 9.57. The Bertz CT molecular complexity index is 609. The van der Waals surface area contributed by atoms with Crippen molar-refractivity contribution < 1.29 is 30.7 Å². The summed E-state index contributed by atoms with van der Waals surface area (Å²) >= 11 is 0. The molecule has 0 saturated carbocycles. The van der Waals surface area contributed by atoms with Crippen molar-refractivity contribution in [2.45, 2.75) is 12.4 Å². The van der Waals surface area contributed by atoms with E-state index >= 15 is 0 Å². The molecule has 8 heteroatoms. The molecule has 0 fully saturated rings. The summed E-state index contributed by atoms with van der Waals surface area (Å²) in [6, 6.07) is 3.00. The Kier molecular flexibility index (Phi) is 3.65. The Morgan fingerprint density at radius 1 is 0.762 bits per heavy atom. The van der Waals surface area contributed by atoms with Crippen LogP contribution in [0.15, 0.2) is 36.5 Å². The normalized spacial score (nSPS) is 12.5. The van der Waals surface area contributed by atoms with Crippen LogP contribution >= 0.6 is 0 Å². The van der Waals surface area contributed by atoms with E-state index in [0.717, 1.165) is 12.1 Å². The molecular weight excluding hydrogens is 303 g/mol. The Morgan fingerprint density at radius 3 is 1.67 bits per heavy atom. The number of halogens is 7. The maximum Gasteiger partial charge on any atom is 0.416 e. The van der Waals surface area contributed by atoms with Crippen molar-refractivity contribution in [2.75, 3.05) is 0 Å². The smallest absolute Gasteiger partial charge is 0.253 e. The van der Waals surface area contributed by atoms with E-state index in [-0.39, 0.29) is 11.8 Å². The van der Waals surface area contributed by atoms with Crippen LogP contribution in [0.25, 0.3) is 11.3 Å². The molecule has 0 spiro atoms. The van der Waals surface area contributed by atoms with Crippen molar-refractivity contribution in [2.24, 2.45) is 0 Å². The van der Waals surface area contributed by atoms with Gasteiger partial charge in [0.15, 0.2) is 0 Å². The average Bonchev–Trinajstić information content (AvgIpc) is 2.37. The van der Waals surface area contributed by atoms with Crippen molar-refractivity contribution in [1.82, 2.24) is 4.98 Å². The number of alkyl halides is 6. The monoisotopic (exact) mass is 309 g/mol. The quantitative estimate of drug-likeness (QED) is 0.681. The third kappa shape index (κ3) is 3.50. The van der Waals surface area contributed by atoms with Gasteiger partial charge < -0.3 is 0 Å². The van der Waals surface area contributed by atoms with Crippen molar-refractivity contribution in [3.05, 3.63) is 53.5 Å². The number of pyridine rings is 1. The van der Waals surface area contributed by atoms with Gasteiger partial charge in [0, 0.05) is 5.56 Å². The minimum Gasteiger partial charge on any atom is -0.253 e. The minimum absolute atomic E-state index is 0.0209. The van der Waals surface area contributed by atoms with E-state index in [0.29, 0.717) is 18.3 Å². The van der Waals surface area contributed by atoms with Crippen LogP contribution in [0, 0.1) is 5.82 Å². The van der Waals surface area contributed by atoms with Gasteiger partial charge in [0.05, 0.1) is 23.0 Å². The molecule has 2 rings (SSSR count). The first-order valence-corrected chi connectivity index (χ1v) is 5.49. The number of benzene rings is 1. The Hall–Kier alpha value is -2.12. The Balaban J connectivity index is 2.63. The largest absolute Gasteiger partial charge is 0.416 e. The van der Waals surface area contributed by atoms with Crippen LogP contribution in [-0.2, 0) is 12.4 Å². The standard InChI is InChI=1S/C13H6F7N/c14-10-1-2-11(21-6-10)7-3-8(12(15,16)17)5-9(4-7)13(18,19)20/h1-6H. The molecule has 1 aromatic heterocycles. The second kappa shape index (κ2) is 5.01. The summed E-state index contributed by atoms with van der Waals surface area (Å²) in [6.45, 7) is 0. The van der Waals surface area contributed by atoms with Gasteiger partial charge >= 0.3 is 12.4 Å². The van der Waals surface area contributed by atoms with Crippen molar-refractivity contribution in [3.8, 4) is 11.3 Å². The molecule has 2 aromatic rings. The second-order valence-corrected chi connectivity index (χ2v) is 4.16. The molecule has 0 aliphatic carbocycles. The molecule has 0 atom stereocenters. The molecule has 1 aromatic carbocycles. The molecule has 0 bridgehead atoms. The minimum atomic E-state index is -4.93. The third-order valence-electron chi connectivity index (χ3n) is 2.61. The summed E-state index contributed by atoms with van der Waals surface area (Å²) in [7, 11) is 0. The molecule has 0 unspecified atom stereocenters. The predicted molar refractivity (Wildman–Crippen MR) is 59.6 cm³/mol. The second-order valence-electron chi connectivity index (χ2n) is 4.16. The lowest BCUT2D eigenvalue weighted by atomic mass is 10.0. The maximum absolute atomic E-state index is 12.7. The molecule has 1 nitrogen and oxygen atoms in total. The fraction of sp³-hybridized carbons (Fsp3) is 0.154. The number of nitrogens with zero attached hydrogens (tertiary/aromatic N) is 1. The van der Waals surface area contributed by atoms with Crippen LogP contribution in [0.3, 0.4) is 0 Å². The van der Waals surface area contributed by atoms with E-state index in [4.69, 9.17) is 0 Å². The molecule has 1 heterocycles.